The highest BCUT2D eigenvalue weighted by molar-refractivity contribution is 7.99. The van der Waals surface area contributed by atoms with Crippen molar-refractivity contribution in [1.29, 1.82) is 0 Å². The fraction of sp³-hybridized carbons (Fsp3) is 0.174. The number of benzene rings is 3. The zero-order valence-corrected chi connectivity index (χ0v) is 16.1. The number of hydrogen-bond acceptors (Lipinski definition) is 3. The number of hydrogen-bond donors (Lipinski definition) is 0. The first kappa shape index (κ1) is 18.6. The molecule has 0 spiro atoms. The maximum Gasteiger partial charge on any atom is 0.228 e. The molecular weight excluding hydrogens is 373 g/mol. The number of halogens is 1. The van der Waals surface area contributed by atoms with Crippen LogP contribution < -0.4 is 4.74 Å². The van der Waals surface area contributed by atoms with E-state index in [1.807, 2.05) is 59.5 Å². The first-order chi connectivity index (χ1) is 13.7. The van der Waals surface area contributed by atoms with Gasteiger partial charge in [0.05, 0.1) is 6.42 Å². The van der Waals surface area contributed by atoms with Crippen molar-refractivity contribution < 1.29 is 13.9 Å². The van der Waals surface area contributed by atoms with E-state index in [0.717, 1.165) is 28.4 Å². The number of carbonyl (C=O) groups excluding carboxylic acids is 1. The molecule has 28 heavy (non-hydrogen) atoms. The highest BCUT2D eigenvalue weighted by Crippen LogP contribution is 2.39. The van der Waals surface area contributed by atoms with Gasteiger partial charge < -0.3 is 9.64 Å². The largest absolute Gasteiger partial charge is 0.457 e. The van der Waals surface area contributed by atoms with Gasteiger partial charge in [-0.25, -0.2) is 4.39 Å². The van der Waals surface area contributed by atoms with Crippen molar-refractivity contribution in [2.75, 3.05) is 12.3 Å². The van der Waals surface area contributed by atoms with Crippen molar-refractivity contribution >= 4 is 17.7 Å². The predicted molar refractivity (Wildman–Crippen MR) is 110 cm³/mol. The normalized spacial score (nSPS) is 16.2. The van der Waals surface area contributed by atoms with Crippen LogP contribution in [0.15, 0.2) is 78.9 Å². The fourth-order valence-electron chi connectivity index (χ4n) is 3.24. The summed E-state index contributed by atoms with van der Waals surface area (Å²) >= 11 is 1.75. The number of carbonyl (C=O) groups is 1. The van der Waals surface area contributed by atoms with Gasteiger partial charge in [-0.1, -0.05) is 42.5 Å². The molecule has 4 rings (SSSR count). The van der Waals surface area contributed by atoms with E-state index >= 15 is 0 Å². The van der Waals surface area contributed by atoms with Crippen molar-refractivity contribution in [3.8, 4) is 11.5 Å². The van der Waals surface area contributed by atoms with Gasteiger partial charge >= 0.3 is 0 Å². The molecule has 142 valence electrons. The van der Waals surface area contributed by atoms with Gasteiger partial charge in [-0.3, -0.25) is 4.79 Å². The van der Waals surface area contributed by atoms with Gasteiger partial charge in [0.25, 0.3) is 0 Å². The summed E-state index contributed by atoms with van der Waals surface area (Å²) in [6, 6.07) is 23.6. The van der Waals surface area contributed by atoms with E-state index in [1.54, 1.807) is 23.9 Å². The van der Waals surface area contributed by atoms with Crippen LogP contribution in [-0.4, -0.2) is 23.1 Å². The second-order valence-corrected chi connectivity index (χ2v) is 7.79. The molecule has 5 heteroatoms. The lowest BCUT2D eigenvalue weighted by Gasteiger charge is -2.24. The third-order valence-corrected chi connectivity index (χ3v) is 5.86. The Labute approximate surface area is 168 Å². The molecule has 0 N–H and O–H groups in total. The Kier molecular flexibility index (Phi) is 5.63. The van der Waals surface area contributed by atoms with Gasteiger partial charge in [0, 0.05) is 12.3 Å². The summed E-state index contributed by atoms with van der Waals surface area (Å²) < 4.78 is 19.0. The summed E-state index contributed by atoms with van der Waals surface area (Å²) in [5.41, 5.74) is 1.87. The van der Waals surface area contributed by atoms with E-state index in [-0.39, 0.29) is 23.5 Å². The lowest BCUT2D eigenvalue weighted by molar-refractivity contribution is -0.130. The third-order valence-electron chi connectivity index (χ3n) is 4.60. The molecule has 1 amide bonds. The quantitative estimate of drug-likeness (QED) is 0.578. The molecule has 0 aliphatic carbocycles. The Morgan fingerprint density at radius 1 is 1.00 bits per heavy atom. The summed E-state index contributed by atoms with van der Waals surface area (Å²) in [6.45, 7) is 0.707. The number of rotatable bonds is 5. The smallest absolute Gasteiger partial charge is 0.228 e. The molecule has 0 saturated carbocycles. The lowest BCUT2D eigenvalue weighted by atomic mass is 10.1. The second-order valence-electron chi connectivity index (χ2n) is 6.60. The summed E-state index contributed by atoms with van der Waals surface area (Å²) in [5, 5.41) is -0.0349. The molecule has 3 aromatic rings. The Balaban J connectivity index is 1.49. The molecule has 1 unspecified atom stereocenters. The molecule has 1 fully saturated rings. The Bertz CT molecular complexity index is 946. The van der Waals surface area contributed by atoms with Crippen LogP contribution in [0.1, 0.15) is 16.5 Å². The van der Waals surface area contributed by atoms with Gasteiger partial charge in [0.1, 0.15) is 22.7 Å². The minimum absolute atomic E-state index is 0.0349. The zero-order chi connectivity index (χ0) is 19.3. The van der Waals surface area contributed by atoms with Gasteiger partial charge in [0.15, 0.2) is 0 Å². The maximum atomic E-state index is 13.1. The molecular formula is C23H20FNO2S. The van der Waals surface area contributed by atoms with E-state index in [4.69, 9.17) is 4.74 Å². The standard InChI is InChI=1S/C23H20FNO2S/c24-19-11-9-17(10-12-19)15-22(26)25-13-14-28-23(25)18-5-4-8-21(16-18)27-20-6-2-1-3-7-20/h1-12,16,23H,13-15H2. The van der Waals surface area contributed by atoms with E-state index in [1.165, 1.54) is 12.1 Å². The molecule has 1 aliphatic heterocycles. The monoisotopic (exact) mass is 393 g/mol. The van der Waals surface area contributed by atoms with Crippen LogP contribution in [0.2, 0.25) is 0 Å². The van der Waals surface area contributed by atoms with Crippen molar-refractivity contribution in [2.24, 2.45) is 0 Å². The van der Waals surface area contributed by atoms with Crippen LogP contribution >= 0.6 is 11.8 Å². The van der Waals surface area contributed by atoms with Crippen molar-refractivity contribution in [3.05, 3.63) is 95.8 Å². The van der Waals surface area contributed by atoms with Gasteiger partial charge in [-0.05, 0) is 47.5 Å². The predicted octanol–water partition coefficient (Wildman–Crippen LogP) is 5.43. The molecule has 3 aromatic carbocycles. The van der Waals surface area contributed by atoms with Crippen LogP contribution in [0, 0.1) is 5.82 Å². The maximum absolute atomic E-state index is 13.1. The highest BCUT2D eigenvalue weighted by atomic mass is 32.2. The number of ether oxygens (including phenoxy) is 1. The minimum atomic E-state index is -0.291. The zero-order valence-electron chi connectivity index (χ0n) is 15.3. The third kappa shape index (κ3) is 4.37. The van der Waals surface area contributed by atoms with Crippen LogP contribution in [0.4, 0.5) is 4.39 Å². The Morgan fingerprint density at radius 3 is 2.54 bits per heavy atom. The molecule has 0 aromatic heterocycles. The summed E-state index contributed by atoms with van der Waals surface area (Å²) in [4.78, 5) is 14.7. The first-order valence-electron chi connectivity index (χ1n) is 9.17. The SMILES string of the molecule is O=C(Cc1ccc(F)cc1)N1CCSC1c1cccc(Oc2ccccc2)c1. The number of thioether (sulfide) groups is 1. The Morgan fingerprint density at radius 2 is 1.75 bits per heavy atom. The molecule has 3 nitrogen and oxygen atoms in total. The van der Waals surface area contributed by atoms with Gasteiger partial charge in [0.2, 0.25) is 5.91 Å². The van der Waals surface area contributed by atoms with Crippen LogP contribution in [0.5, 0.6) is 11.5 Å². The van der Waals surface area contributed by atoms with Crippen LogP contribution in [0.3, 0.4) is 0 Å². The lowest BCUT2D eigenvalue weighted by Crippen LogP contribution is -2.31. The molecule has 0 bridgehead atoms. The van der Waals surface area contributed by atoms with Crippen molar-refractivity contribution in [1.82, 2.24) is 4.90 Å². The van der Waals surface area contributed by atoms with Crippen molar-refractivity contribution in [3.63, 3.8) is 0 Å². The number of amides is 1. The van der Waals surface area contributed by atoms with Crippen LogP contribution in [-0.2, 0) is 11.2 Å². The summed E-state index contributed by atoms with van der Waals surface area (Å²) in [7, 11) is 0. The van der Waals surface area contributed by atoms with Crippen molar-refractivity contribution in [2.45, 2.75) is 11.8 Å². The van der Waals surface area contributed by atoms with Gasteiger partial charge in [-0.2, -0.15) is 0 Å². The van der Waals surface area contributed by atoms with E-state index in [2.05, 4.69) is 0 Å². The molecule has 0 radical (unpaired) electrons. The molecule has 1 aliphatic rings. The van der Waals surface area contributed by atoms with E-state index in [9.17, 15) is 9.18 Å². The van der Waals surface area contributed by atoms with Gasteiger partial charge in [-0.15, -0.1) is 11.8 Å². The highest BCUT2D eigenvalue weighted by Gasteiger charge is 2.30. The molecule has 1 saturated heterocycles. The Hall–Kier alpha value is -2.79. The van der Waals surface area contributed by atoms with Crippen LogP contribution in [0.25, 0.3) is 0 Å². The summed E-state index contributed by atoms with van der Waals surface area (Å²) in [5.74, 6) is 2.19. The average molecular weight is 393 g/mol. The van der Waals surface area contributed by atoms with E-state index < -0.39 is 0 Å². The van der Waals surface area contributed by atoms with E-state index in [0.29, 0.717) is 6.54 Å². The topological polar surface area (TPSA) is 29.5 Å². The molecule has 1 atom stereocenters. The summed E-state index contributed by atoms with van der Waals surface area (Å²) in [6.07, 6.45) is 0.275. The number of para-hydroxylation sites is 1. The minimum Gasteiger partial charge on any atom is -0.457 e. The second kappa shape index (κ2) is 8.48. The molecule has 1 heterocycles. The number of nitrogens with zero attached hydrogens (tertiary/aromatic N) is 1. The first-order valence-corrected chi connectivity index (χ1v) is 10.2. The average Bonchev–Trinajstić information content (AvgIpc) is 3.21. The fourth-order valence-corrected chi connectivity index (χ4v) is 4.50.